The molecular formula is C49H34N4OP2S. The summed E-state index contributed by atoms with van der Waals surface area (Å²) in [6.45, 7) is 0. The van der Waals surface area contributed by atoms with E-state index < -0.39 is 13.2 Å². The van der Waals surface area contributed by atoms with E-state index in [4.69, 9.17) is 21.8 Å². The van der Waals surface area contributed by atoms with E-state index in [-0.39, 0.29) is 6.17 Å². The summed E-state index contributed by atoms with van der Waals surface area (Å²) in [5.74, 6) is 0. The third-order valence-electron chi connectivity index (χ3n) is 11.4. The maximum Gasteiger partial charge on any atom is 0.171 e. The largest absolute Gasteiger partial charge is 0.359 e. The van der Waals surface area contributed by atoms with Crippen molar-refractivity contribution in [2.45, 2.75) is 6.17 Å². The predicted molar refractivity (Wildman–Crippen MR) is 243 cm³/mol. The Morgan fingerprint density at radius 3 is 2.00 bits per heavy atom. The van der Waals surface area contributed by atoms with Crippen molar-refractivity contribution in [3.8, 4) is 11.1 Å². The first kappa shape index (κ1) is 34.1. The van der Waals surface area contributed by atoms with Crippen LogP contribution in [0.25, 0.3) is 32.8 Å². The molecule has 8 aromatic carbocycles. The molecule has 2 atom stereocenters. The van der Waals surface area contributed by atoms with Crippen molar-refractivity contribution in [2.75, 3.05) is 10.2 Å². The molecule has 2 unspecified atom stereocenters. The Kier molecular flexibility index (Phi) is 7.91. The number of para-hydroxylation sites is 2. The van der Waals surface area contributed by atoms with Crippen molar-refractivity contribution >= 4 is 95.8 Å². The maximum absolute atomic E-state index is 15.9. The Morgan fingerprint density at radius 2 is 1.21 bits per heavy atom. The molecule has 0 aliphatic carbocycles. The van der Waals surface area contributed by atoms with E-state index in [1.807, 2.05) is 91.1 Å². The van der Waals surface area contributed by atoms with Crippen molar-refractivity contribution in [2.24, 2.45) is 0 Å². The summed E-state index contributed by atoms with van der Waals surface area (Å²) >= 11 is 6.92. The monoisotopic (exact) mass is 788 g/mol. The minimum Gasteiger partial charge on any atom is -0.359 e. The van der Waals surface area contributed by atoms with Gasteiger partial charge in [0.15, 0.2) is 12.7 Å². The Hall–Kier alpha value is -6.16. The van der Waals surface area contributed by atoms with Gasteiger partial charge in [-0.05, 0) is 51.7 Å². The van der Waals surface area contributed by atoms with Gasteiger partial charge in [0, 0.05) is 44.2 Å². The molecule has 0 fully saturated rings. The van der Waals surface area contributed by atoms with Gasteiger partial charge in [-0.1, -0.05) is 170 Å². The molecule has 57 heavy (non-hydrogen) atoms. The number of hydrogen-bond acceptors (Lipinski definition) is 6. The molecule has 8 heteroatoms. The zero-order chi connectivity index (χ0) is 38.1. The fourth-order valence-electron chi connectivity index (χ4n) is 8.69. The molecule has 0 spiro atoms. The van der Waals surface area contributed by atoms with Gasteiger partial charge in [-0.2, -0.15) is 0 Å². The number of fused-ring (bicyclic) bond motifs is 10. The summed E-state index contributed by atoms with van der Waals surface area (Å²) in [6, 6.07) is 61.5. The SMILES string of the molecule is O=P(c1ccccc1)(c1ccccc1)c1cccc2c1-c1ccccc1N1c3ccc(P(=S)(c4ccc5ccccc5c4)c4ncc5ccccc5n4)cc3NC21. The van der Waals surface area contributed by atoms with E-state index in [1.54, 1.807) is 0 Å². The fourth-order valence-corrected chi connectivity index (χ4v) is 15.0. The number of benzene rings is 8. The van der Waals surface area contributed by atoms with Gasteiger partial charge in [-0.3, -0.25) is 0 Å². The van der Waals surface area contributed by atoms with Crippen LogP contribution in [0.2, 0.25) is 0 Å². The first-order chi connectivity index (χ1) is 28.0. The Bertz CT molecular complexity index is 3030. The number of nitrogens with zero attached hydrogens (tertiary/aromatic N) is 3. The maximum atomic E-state index is 15.9. The van der Waals surface area contributed by atoms with E-state index in [0.717, 1.165) is 82.0 Å². The smallest absolute Gasteiger partial charge is 0.171 e. The average molecular weight is 789 g/mol. The van der Waals surface area contributed by atoms with Gasteiger partial charge in [0.05, 0.1) is 28.6 Å². The Morgan fingerprint density at radius 1 is 0.561 bits per heavy atom. The van der Waals surface area contributed by atoms with Gasteiger partial charge < -0.3 is 14.8 Å². The van der Waals surface area contributed by atoms with Crippen LogP contribution in [0.5, 0.6) is 0 Å². The zero-order valence-electron chi connectivity index (χ0n) is 30.6. The normalized spacial score (nSPS) is 15.2. The van der Waals surface area contributed by atoms with Crippen LogP contribution in [0.3, 0.4) is 0 Å². The third-order valence-corrected chi connectivity index (χ3v) is 19.0. The van der Waals surface area contributed by atoms with Crippen LogP contribution in [-0.2, 0) is 16.4 Å². The number of aromatic nitrogens is 2. The number of nitrogens with one attached hydrogen (secondary N) is 1. The van der Waals surface area contributed by atoms with Crippen LogP contribution in [-0.4, -0.2) is 9.97 Å². The van der Waals surface area contributed by atoms with Crippen molar-refractivity contribution < 1.29 is 4.57 Å². The molecule has 0 saturated carbocycles. The predicted octanol–water partition coefficient (Wildman–Crippen LogP) is 9.42. The van der Waals surface area contributed by atoms with E-state index >= 15 is 4.57 Å². The summed E-state index contributed by atoms with van der Waals surface area (Å²) < 4.78 is 15.9. The lowest BCUT2D eigenvalue weighted by Crippen LogP contribution is -2.33. The lowest BCUT2D eigenvalue weighted by atomic mass is 9.91. The highest BCUT2D eigenvalue weighted by molar-refractivity contribution is 8.25. The van der Waals surface area contributed by atoms with Crippen molar-refractivity contribution in [3.63, 3.8) is 0 Å². The second-order valence-corrected chi connectivity index (χ2v) is 21.6. The van der Waals surface area contributed by atoms with Crippen LogP contribution in [0.15, 0.2) is 194 Å². The Balaban J connectivity index is 1.10. The van der Waals surface area contributed by atoms with Crippen LogP contribution in [0.4, 0.5) is 17.1 Å². The minimum atomic E-state index is -3.31. The lowest BCUT2D eigenvalue weighted by molar-refractivity contribution is 0.592. The highest BCUT2D eigenvalue weighted by atomic mass is 32.4. The van der Waals surface area contributed by atoms with Gasteiger partial charge in [-0.25, -0.2) is 9.97 Å². The lowest BCUT2D eigenvalue weighted by Gasteiger charge is -2.37. The van der Waals surface area contributed by atoms with Crippen LogP contribution >= 0.6 is 13.2 Å². The highest BCUT2D eigenvalue weighted by Gasteiger charge is 2.42. The molecule has 1 aromatic heterocycles. The Labute approximate surface area is 336 Å². The second-order valence-electron chi connectivity index (χ2n) is 14.5. The van der Waals surface area contributed by atoms with Gasteiger partial charge in [0.2, 0.25) is 0 Å². The first-order valence-corrected chi connectivity index (χ1v) is 23.5. The van der Waals surface area contributed by atoms with Gasteiger partial charge in [-0.15, -0.1) is 0 Å². The molecule has 5 nitrogen and oxygen atoms in total. The molecule has 2 aliphatic rings. The summed E-state index contributed by atoms with van der Waals surface area (Å²) in [7, 11) is -3.31. The van der Waals surface area contributed by atoms with Gasteiger partial charge in [0.25, 0.3) is 0 Å². The van der Waals surface area contributed by atoms with E-state index in [1.165, 1.54) is 0 Å². The summed E-state index contributed by atoms with van der Waals surface area (Å²) in [5, 5.41) is 11.7. The average Bonchev–Trinajstić information content (AvgIpc) is 3.68. The second kappa shape index (κ2) is 13.2. The van der Waals surface area contributed by atoms with Gasteiger partial charge >= 0.3 is 0 Å². The summed E-state index contributed by atoms with van der Waals surface area (Å²) in [6.07, 6.45) is 1.66. The molecule has 0 amide bonds. The molecule has 11 rings (SSSR count). The standard InChI is InChI=1S/C49H34N4OP2S/c54-55(36-17-3-1-4-18-36,37-19-5-2-6-20-37)46-25-13-22-41-47(46)40-21-10-12-24-44(40)53-45-29-28-39(31-43(45)51-48(41)53)56(57,38-27-26-33-14-7-8-15-34(33)30-38)49-50-32-35-16-9-11-23-42(35)52-49/h1-32,48,51H. The van der Waals surface area contributed by atoms with Crippen molar-refractivity contribution in [3.05, 3.63) is 200 Å². The summed E-state index contributed by atoms with van der Waals surface area (Å²) in [4.78, 5) is 12.5. The molecule has 3 heterocycles. The minimum absolute atomic E-state index is 0.240. The first-order valence-electron chi connectivity index (χ1n) is 19.0. The highest BCUT2D eigenvalue weighted by Crippen LogP contribution is 2.57. The molecule has 2 aliphatic heterocycles. The quantitative estimate of drug-likeness (QED) is 0.170. The van der Waals surface area contributed by atoms with Crippen LogP contribution < -0.4 is 42.3 Å². The molecule has 0 radical (unpaired) electrons. The molecule has 272 valence electrons. The van der Waals surface area contributed by atoms with Crippen LogP contribution in [0, 0.1) is 0 Å². The molecule has 1 N–H and O–H groups in total. The molecular weight excluding hydrogens is 755 g/mol. The van der Waals surface area contributed by atoms with E-state index in [9.17, 15) is 0 Å². The summed E-state index contributed by atoms with van der Waals surface area (Å²) in [5.41, 5.74) is 7.77. The number of rotatable bonds is 6. The fraction of sp³-hybridized carbons (Fsp3) is 0.0204. The number of anilines is 3. The van der Waals surface area contributed by atoms with Crippen molar-refractivity contribution in [1.82, 2.24) is 9.97 Å². The van der Waals surface area contributed by atoms with E-state index in [0.29, 0.717) is 5.57 Å². The molecule has 0 saturated heterocycles. The van der Waals surface area contributed by atoms with Gasteiger partial charge in [0.1, 0.15) is 6.17 Å². The number of hydrogen-bond donors (Lipinski definition) is 1. The van der Waals surface area contributed by atoms with Crippen LogP contribution in [0.1, 0.15) is 11.7 Å². The van der Waals surface area contributed by atoms with Crippen molar-refractivity contribution in [1.29, 1.82) is 0 Å². The third kappa shape index (κ3) is 5.22. The zero-order valence-corrected chi connectivity index (χ0v) is 33.2. The topological polar surface area (TPSA) is 58.1 Å². The molecule has 9 aromatic rings. The molecule has 0 bridgehead atoms. The van der Waals surface area contributed by atoms with E-state index in [2.05, 4.69) is 113 Å².